The SMILES string of the molecule is CN(Cc1ccccc1)Cn1cc(CN(Cc2ccccc2)C[Si](C)(C)C)c2ccccc21. The smallest absolute Gasteiger partial charge is 0.0751 e. The second-order valence-corrected chi connectivity index (χ2v) is 15.9. The molecule has 0 atom stereocenters. The highest BCUT2D eigenvalue weighted by atomic mass is 28.3. The minimum absolute atomic E-state index is 0.877. The molecule has 0 unspecified atom stereocenters. The first-order valence-corrected chi connectivity index (χ1v) is 15.6. The lowest BCUT2D eigenvalue weighted by atomic mass is 10.1. The number of hydrogen-bond acceptors (Lipinski definition) is 2. The molecule has 0 aliphatic carbocycles. The van der Waals surface area contributed by atoms with Gasteiger partial charge >= 0.3 is 0 Å². The summed E-state index contributed by atoms with van der Waals surface area (Å²) in [5.41, 5.74) is 5.48. The van der Waals surface area contributed by atoms with E-state index in [1.54, 1.807) is 0 Å². The van der Waals surface area contributed by atoms with Gasteiger partial charge in [-0.15, -0.1) is 0 Å². The number of para-hydroxylation sites is 1. The largest absolute Gasteiger partial charge is 0.334 e. The number of fused-ring (bicyclic) bond motifs is 1. The summed E-state index contributed by atoms with van der Waals surface area (Å²) in [6.45, 7) is 11.2. The lowest BCUT2D eigenvalue weighted by Crippen LogP contribution is -2.39. The van der Waals surface area contributed by atoms with Gasteiger partial charge in [0.15, 0.2) is 0 Å². The summed E-state index contributed by atoms with van der Waals surface area (Å²) in [6.07, 6.45) is 3.57. The molecule has 0 radical (unpaired) electrons. The van der Waals surface area contributed by atoms with Gasteiger partial charge in [-0.05, 0) is 36.0 Å². The molecule has 3 aromatic carbocycles. The average molecular weight is 456 g/mol. The standard InChI is InChI=1S/C29H37N3Si/c1-30(19-25-13-7-5-8-14-25)23-32-22-27(28-17-11-12-18-29(28)32)21-31(24-33(2,3)4)20-26-15-9-6-10-16-26/h5-18,22H,19-21,23-24H2,1-4H3. The predicted molar refractivity (Wildman–Crippen MR) is 144 cm³/mol. The summed E-state index contributed by atoms with van der Waals surface area (Å²) >= 11 is 0. The van der Waals surface area contributed by atoms with Crippen molar-refractivity contribution >= 4 is 19.0 Å². The van der Waals surface area contributed by atoms with Crippen molar-refractivity contribution in [3.63, 3.8) is 0 Å². The Morgan fingerprint density at radius 2 is 1.27 bits per heavy atom. The number of hydrogen-bond donors (Lipinski definition) is 0. The number of rotatable bonds is 10. The van der Waals surface area contributed by atoms with Crippen molar-refractivity contribution in [1.82, 2.24) is 14.4 Å². The van der Waals surface area contributed by atoms with Gasteiger partial charge in [0, 0.05) is 36.7 Å². The van der Waals surface area contributed by atoms with E-state index in [0.29, 0.717) is 0 Å². The first kappa shape index (κ1) is 23.5. The van der Waals surface area contributed by atoms with E-state index in [1.807, 2.05) is 0 Å². The highest BCUT2D eigenvalue weighted by Gasteiger charge is 2.20. The molecule has 33 heavy (non-hydrogen) atoms. The first-order chi connectivity index (χ1) is 15.9. The molecule has 4 heteroatoms. The first-order valence-electron chi connectivity index (χ1n) is 11.9. The lowest BCUT2D eigenvalue weighted by molar-refractivity contribution is 0.263. The molecule has 0 aliphatic rings. The molecule has 0 spiro atoms. The van der Waals surface area contributed by atoms with Crippen molar-refractivity contribution in [1.29, 1.82) is 0 Å². The third-order valence-electron chi connectivity index (χ3n) is 5.90. The van der Waals surface area contributed by atoms with E-state index in [-0.39, 0.29) is 0 Å². The summed E-state index contributed by atoms with van der Waals surface area (Å²) in [5.74, 6) is 0. The van der Waals surface area contributed by atoms with Crippen molar-refractivity contribution in [2.45, 2.75) is 45.9 Å². The summed E-state index contributed by atoms with van der Waals surface area (Å²) in [7, 11) is 0.955. The summed E-state index contributed by atoms with van der Waals surface area (Å²) in [4.78, 5) is 5.04. The third-order valence-corrected chi connectivity index (χ3v) is 7.30. The van der Waals surface area contributed by atoms with Gasteiger partial charge in [0.2, 0.25) is 0 Å². The Morgan fingerprint density at radius 1 is 0.697 bits per heavy atom. The normalized spacial score (nSPS) is 12.2. The van der Waals surface area contributed by atoms with Crippen LogP contribution in [0.3, 0.4) is 0 Å². The van der Waals surface area contributed by atoms with Crippen LogP contribution >= 0.6 is 0 Å². The molecule has 0 amide bonds. The Hall–Kier alpha value is -2.66. The van der Waals surface area contributed by atoms with E-state index in [0.717, 1.165) is 26.3 Å². The molecule has 4 aromatic rings. The van der Waals surface area contributed by atoms with Crippen LogP contribution in [0.15, 0.2) is 91.1 Å². The summed E-state index contributed by atoms with van der Waals surface area (Å²) in [5, 5.41) is 1.37. The van der Waals surface area contributed by atoms with Crippen molar-refractivity contribution in [3.05, 3.63) is 108 Å². The van der Waals surface area contributed by atoms with Crippen molar-refractivity contribution in [2.75, 3.05) is 13.2 Å². The zero-order valence-electron chi connectivity index (χ0n) is 20.5. The topological polar surface area (TPSA) is 11.4 Å². The van der Waals surface area contributed by atoms with Crippen molar-refractivity contribution < 1.29 is 0 Å². The molecular formula is C29H37N3Si. The van der Waals surface area contributed by atoms with E-state index in [4.69, 9.17) is 0 Å². The van der Waals surface area contributed by atoms with Crippen LogP contribution in [0.1, 0.15) is 16.7 Å². The minimum Gasteiger partial charge on any atom is -0.334 e. The van der Waals surface area contributed by atoms with Gasteiger partial charge < -0.3 is 4.57 Å². The Balaban J connectivity index is 1.57. The van der Waals surface area contributed by atoms with E-state index < -0.39 is 8.07 Å². The maximum atomic E-state index is 2.65. The molecule has 0 saturated carbocycles. The number of aromatic nitrogens is 1. The number of benzene rings is 3. The minimum atomic E-state index is -1.25. The van der Waals surface area contributed by atoms with E-state index in [2.05, 4.69) is 132 Å². The number of nitrogens with zero attached hydrogens (tertiary/aromatic N) is 3. The van der Waals surface area contributed by atoms with E-state index >= 15 is 0 Å². The fourth-order valence-electron chi connectivity index (χ4n) is 4.69. The molecule has 3 nitrogen and oxygen atoms in total. The van der Waals surface area contributed by atoms with Crippen LogP contribution in [0.25, 0.3) is 10.9 Å². The van der Waals surface area contributed by atoms with Gasteiger partial charge in [0.25, 0.3) is 0 Å². The highest BCUT2D eigenvalue weighted by molar-refractivity contribution is 6.76. The Kier molecular flexibility index (Phi) is 7.48. The third kappa shape index (κ3) is 6.67. The van der Waals surface area contributed by atoms with E-state index in [1.165, 1.54) is 33.8 Å². The lowest BCUT2D eigenvalue weighted by Gasteiger charge is -2.29. The average Bonchev–Trinajstić information content (AvgIpc) is 3.11. The maximum Gasteiger partial charge on any atom is 0.0751 e. The Morgan fingerprint density at radius 3 is 1.91 bits per heavy atom. The quantitative estimate of drug-likeness (QED) is 0.249. The van der Waals surface area contributed by atoms with Crippen LogP contribution in [0.2, 0.25) is 19.6 Å². The van der Waals surface area contributed by atoms with Gasteiger partial charge in [0.05, 0.1) is 14.7 Å². The van der Waals surface area contributed by atoms with Crippen LogP contribution in [0.5, 0.6) is 0 Å². The maximum absolute atomic E-state index is 2.65. The zero-order chi connectivity index (χ0) is 23.3. The highest BCUT2D eigenvalue weighted by Crippen LogP contribution is 2.25. The molecule has 0 aliphatic heterocycles. The van der Waals surface area contributed by atoms with Gasteiger partial charge in [-0.2, -0.15) is 0 Å². The van der Waals surface area contributed by atoms with Crippen molar-refractivity contribution in [2.24, 2.45) is 0 Å². The second kappa shape index (κ2) is 10.5. The predicted octanol–water partition coefficient (Wildman–Crippen LogP) is 6.61. The fourth-order valence-corrected chi connectivity index (χ4v) is 6.26. The van der Waals surface area contributed by atoms with Gasteiger partial charge in [-0.25, -0.2) is 0 Å². The molecule has 1 heterocycles. The van der Waals surface area contributed by atoms with Crippen molar-refractivity contribution in [3.8, 4) is 0 Å². The van der Waals surface area contributed by atoms with Crippen LogP contribution in [-0.4, -0.2) is 35.7 Å². The molecule has 0 bridgehead atoms. The molecule has 0 N–H and O–H groups in total. The van der Waals surface area contributed by atoms with Gasteiger partial charge in [-0.1, -0.05) is 98.5 Å². The Labute approximate surface area is 200 Å². The molecular weight excluding hydrogens is 418 g/mol. The second-order valence-electron chi connectivity index (χ2n) is 10.5. The van der Waals surface area contributed by atoms with Crippen LogP contribution < -0.4 is 0 Å². The van der Waals surface area contributed by atoms with Crippen LogP contribution in [0, 0.1) is 0 Å². The van der Waals surface area contributed by atoms with E-state index in [9.17, 15) is 0 Å². The molecule has 1 aromatic heterocycles. The summed E-state index contributed by atoms with van der Waals surface area (Å²) < 4.78 is 2.42. The van der Waals surface area contributed by atoms with Crippen LogP contribution in [-0.2, 0) is 26.3 Å². The molecule has 0 saturated heterocycles. The molecule has 4 rings (SSSR count). The molecule has 0 fully saturated rings. The summed E-state index contributed by atoms with van der Waals surface area (Å²) in [6, 6.07) is 30.5. The Bertz CT molecular complexity index is 1150. The van der Waals surface area contributed by atoms with Gasteiger partial charge in [0.1, 0.15) is 0 Å². The fraction of sp³-hybridized carbons (Fsp3) is 0.310. The molecule has 172 valence electrons. The van der Waals surface area contributed by atoms with Crippen LogP contribution in [0.4, 0.5) is 0 Å². The zero-order valence-corrected chi connectivity index (χ0v) is 21.5. The van der Waals surface area contributed by atoms with Gasteiger partial charge in [-0.3, -0.25) is 9.80 Å². The monoisotopic (exact) mass is 455 g/mol.